The first-order chi connectivity index (χ1) is 8.69. The van der Waals surface area contributed by atoms with Gasteiger partial charge in [0.05, 0.1) is 0 Å². The summed E-state index contributed by atoms with van der Waals surface area (Å²) in [4.78, 5) is 0. The van der Waals surface area contributed by atoms with Crippen molar-refractivity contribution in [3.63, 3.8) is 0 Å². The van der Waals surface area contributed by atoms with Gasteiger partial charge in [0.25, 0.3) is 0 Å². The number of nitrogens with one attached hydrogen (secondary N) is 1. The third-order valence-electron chi connectivity index (χ3n) is 3.44. The van der Waals surface area contributed by atoms with Crippen molar-refractivity contribution < 1.29 is 4.42 Å². The van der Waals surface area contributed by atoms with Gasteiger partial charge in [-0.15, -0.1) is 0 Å². The van der Waals surface area contributed by atoms with Crippen molar-refractivity contribution in [2.45, 2.75) is 72.3 Å². The fraction of sp³-hybridized carbons (Fsp3) is 0.750. The van der Waals surface area contributed by atoms with Crippen molar-refractivity contribution in [2.75, 3.05) is 6.54 Å². The van der Waals surface area contributed by atoms with Crippen LogP contribution in [0.15, 0.2) is 10.5 Å². The Morgan fingerprint density at radius 1 is 1.11 bits per heavy atom. The maximum absolute atomic E-state index is 5.66. The summed E-state index contributed by atoms with van der Waals surface area (Å²) in [5, 5.41) is 3.66. The first-order valence-electron chi connectivity index (χ1n) is 7.49. The molecule has 0 saturated carbocycles. The fourth-order valence-electron chi connectivity index (χ4n) is 2.46. The van der Waals surface area contributed by atoms with E-state index in [1.54, 1.807) is 0 Å². The molecule has 0 aromatic carbocycles. The third kappa shape index (κ3) is 4.85. The average molecular weight is 251 g/mol. The van der Waals surface area contributed by atoms with Crippen molar-refractivity contribution in [3.05, 3.63) is 23.2 Å². The summed E-state index contributed by atoms with van der Waals surface area (Å²) in [6, 6.07) is 2.67. The minimum absolute atomic E-state index is 0.472. The van der Waals surface area contributed by atoms with E-state index in [2.05, 4.69) is 32.2 Å². The number of rotatable bonds is 9. The minimum atomic E-state index is 0.472. The van der Waals surface area contributed by atoms with Crippen LogP contribution in [0.1, 0.15) is 75.5 Å². The highest BCUT2D eigenvalue weighted by Gasteiger charge is 2.15. The van der Waals surface area contributed by atoms with Crippen molar-refractivity contribution in [1.82, 2.24) is 5.32 Å². The molecule has 2 nitrogen and oxygen atoms in total. The Morgan fingerprint density at radius 2 is 1.89 bits per heavy atom. The van der Waals surface area contributed by atoms with Crippen molar-refractivity contribution in [3.8, 4) is 0 Å². The molecule has 0 bridgehead atoms. The molecule has 1 heterocycles. The zero-order chi connectivity index (χ0) is 13.4. The van der Waals surface area contributed by atoms with Crippen molar-refractivity contribution >= 4 is 0 Å². The zero-order valence-electron chi connectivity index (χ0n) is 12.5. The highest BCUT2D eigenvalue weighted by molar-refractivity contribution is 5.24. The van der Waals surface area contributed by atoms with E-state index in [1.165, 1.54) is 44.1 Å². The average Bonchev–Trinajstić information content (AvgIpc) is 2.68. The maximum atomic E-state index is 5.66. The number of hydrogen-bond donors (Lipinski definition) is 1. The van der Waals surface area contributed by atoms with E-state index in [9.17, 15) is 0 Å². The van der Waals surface area contributed by atoms with Gasteiger partial charge in [-0.25, -0.2) is 0 Å². The van der Waals surface area contributed by atoms with Crippen LogP contribution in [0.5, 0.6) is 0 Å². The predicted octanol–water partition coefficient (Wildman–Crippen LogP) is 4.91. The smallest absolute Gasteiger partial charge is 0.105 e. The molecule has 18 heavy (non-hydrogen) atoms. The van der Waals surface area contributed by atoms with Gasteiger partial charge in [-0.1, -0.05) is 39.5 Å². The van der Waals surface area contributed by atoms with Crippen LogP contribution in [0.2, 0.25) is 0 Å². The van der Waals surface area contributed by atoms with Crippen LogP contribution in [0, 0.1) is 13.8 Å². The quantitative estimate of drug-likeness (QED) is 0.631. The van der Waals surface area contributed by atoms with Gasteiger partial charge in [-0.3, -0.25) is 0 Å². The van der Waals surface area contributed by atoms with E-state index in [4.69, 9.17) is 4.42 Å². The van der Waals surface area contributed by atoms with Gasteiger partial charge in [0.15, 0.2) is 0 Å². The lowest BCUT2D eigenvalue weighted by Gasteiger charge is -2.18. The third-order valence-corrected chi connectivity index (χ3v) is 3.44. The second-order valence-corrected chi connectivity index (χ2v) is 5.22. The molecule has 0 aliphatic carbocycles. The molecule has 1 aromatic rings. The highest BCUT2D eigenvalue weighted by atomic mass is 16.3. The van der Waals surface area contributed by atoms with Gasteiger partial charge < -0.3 is 9.73 Å². The number of aryl methyl sites for hydroxylation is 2. The summed E-state index contributed by atoms with van der Waals surface area (Å²) >= 11 is 0. The Balaban J connectivity index is 2.56. The van der Waals surface area contributed by atoms with E-state index in [0.717, 1.165) is 18.1 Å². The second-order valence-electron chi connectivity index (χ2n) is 5.22. The van der Waals surface area contributed by atoms with E-state index in [1.807, 2.05) is 6.92 Å². The molecule has 1 aromatic heterocycles. The largest absolute Gasteiger partial charge is 0.466 e. The summed E-state index contributed by atoms with van der Waals surface area (Å²) in [6.07, 6.45) is 7.71. The molecule has 1 N–H and O–H groups in total. The molecule has 0 fully saturated rings. The monoisotopic (exact) mass is 251 g/mol. The molecule has 104 valence electrons. The van der Waals surface area contributed by atoms with Crippen LogP contribution in [0.3, 0.4) is 0 Å². The molecular formula is C16H29NO. The molecule has 0 aliphatic rings. The zero-order valence-corrected chi connectivity index (χ0v) is 12.5. The Bertz CT molecular complexity index is 330. The molecule has 0 spiro atoms. The van der Waals surface area contributed by atoms with Crippen molar-refractivity contribution in [2.24, 2.45) is 0 Å². The van der Waals surface area contributed by atoms with Crippen LogP contribution >= 0.6 is 0 Å². The Labute approximate surface area is 112 Å². The van der Waals surface area contributed by atoms with E-state index in [-0.39, 0.29) is 0 Å². The van der Waals surface area contributed by atoms with Gasteiger partial charge in [-0.2, -0.15) is 0 Å². The Kier molecular flexibility index (Phi) is 7.11. The fourth-order valence-corrected chi connectivity index (χ4v) is 2.46. The Morgan fingerprint density at radius 3 is 2.44 bits per heavy atom. The summed E-state index contributed by atoms with van der Waals surface area (Å²) in [5.74, 6) is 2.11. The van der Waals surface area contributed by atoms with Crippen LogP contribution in [-0.4, -0.2) is 6.54 Å². The van der Waals surface area contributed by atoms with E-state index in [0.29, 0.717) is 6.04 Å². The second kappa shape index (κ2) is 8.36. The standard InChI is InChI=1S/C16H29NO/c1-5-7-8-9-10-16(17-11-6-2)15-12-13(3)18-14(15)4/h12,16-17H,5-11H2,1-4H3. The lowest BCUT2D eigenvalue weighted by Crippen LogP contribution is -2.22. The number of furan rings is 1. The first-order valence-corrected chi connectivity index (χ1v) is 7.49. The summed E-state index contributed by atoms with van der Waals surface area (Å²) in [7, 11) is 0. The SMILES string of the molecule is CCCCCCC(NCCC)c1cc(C)oc1C. The molecule has 1 unspecified atom stereocenters. The topological polar surface area (TPSA) is 25.2 Å². The lowest BCUT2D eigenvalue weighted by atomic mass is 10.00. The van der Waals surface area contributed by atoms with Crippen LogP contribution in [-0.2, 0) is 0 Å². The molecule has 0 amide bonds. The summed E-state index contributed by atoms with van der Waals surface area (Å²) in [5.41, 5.74) is 1.36. The van der Waals surface area contributed by atoms with Crippen LogP contribution in [0.25, 0.3) is 0 Å². The minimum Gasteiger partial charge on any atom is -0.466 e. The molecule has 0 radical (unpaired) electrons. The summed E-state index contributed by atoms with van der Waals surface area (Å²) in [6.45, 7) is 9.67. The summed E-state index contributed by atoms with van der Waals surface area (Å²) < 4.78 is 5.66. The maximum Gasteiger partial charge on any atom is 0.105 e. The molecular weight excluding hydrogens is 222 g/mol. The van der Waals surface area contributed by atoms with Gasteiger partial charge in [0.1, 0.15) is 11.5 Å². The van der Waals surface area contributed by atoms with Gasteiger partial charge in [0, 0.05) is 11.6 Å². The van der Waals surface area contributed by atoms with E-state index < -0.39 is 0 Å². The van der Waals surface area contributed by atoms with Crippen LogP contribution in [0.4, 0.5) is 0 Å². The highest BCUT2D eigenvalue weighted by Crippen LogP contribution is 2.26. The predicted molar refractivity (Wildman–Crippen MR) is 78.0 cm³/mol. The van der Waals surface area contributed by atoms with E-state index >= 15 is 0 Å². The lowest BCUT2D eigenvalue weighted by molar-refractivity contribution is 0.452. The Hall–Kier alpha value is -0.760. The van der Waals surface area contributed by atoms with Gasteiger partial charge in [0.2, 0.25) is 0 Å². The molecule has 2 heteroatoms. The normalized spacial score (nSPS) is 12.9. The molecule has 0 aliphatic heterocycles. The van der Waals surface area contributed by atoms with Gasteiger partial charge >= 0.3 is 0 Å². The molecule has 1 rings (SSSR count). The van der Waals surface area contributed by atoms with Crippen LogP contribution < -0.4 is 5.32 Å². The van der Waals surface area contributed by atoms with Crippen molar-refractivity contribution in [1.29, 1.82) is 0 Å². The number of unbranched alkanes of at least 4 members (excludes halogenated alkanes) is 3. The molecule has 0 saturated heterocycles. The number of hydrogen-bond acceptors (Lipinski definition) is 2. The van der Waals surface area contributed by atoms with Gasteiger partial charge in [-0.05, 0) is 39.3 Å². The first kappa shape index (κ1) is 15.3. The molecule has 1 atom stereocenters.